The van der Waals surface area contributed by atoms with Gasteiger partial charge in [0.2, 0.25) is 0 Å². The van der Waals surface area contributed by atoms with E-state index in [0.29, 0.717) is 0 Å². The van der Waals surface area contributed by atoms with Crippen molar-refractivity contribution in [2.24, 2.45) is 0 Å². The molecule has 0 aliphatic carbocycles. The van der Waals surface area contributed by atoms with Crippen molar-refractivity contribution >= 4 is 17.3 Å². The molecule has 4 rings (SSSR count). The number of hydrogen-bond donors (Lipinski definition) is 1. The van der Waals surface area contributed by atoms with E-state index in [1.54, 1.807) is 7.11 Å². The predicted octanol–water partition coefficient (Wildman–Crippen LogP) is 1.77. The highest BCUT2D eigenvalue weighted by molar-refractivity contribution is 5.97. The molecule has 0 spiro atoms. The lowest BCUT2D eigenvalue weighted by atomic mass is 10.0. The zero-order valence-electron chi connectivity index (χ0n) is 16.9. The Morgan fingerprint density at radius 2 is 1.68 bits per heavy atom. The normalized spacial score (nSPS) is 18.5. The van der Waals surface area contributed by atoms with Crippen LogP contribution in [0.4, 0.5) is 11.4 Å². The molecule has 1 fully saturated rings. The molecule has 2 aromatic rings. The summed E-state index contributed by atoms with van der Waals surface area (Å²) in [5.41, 5.74) is 3.55. The van der Waals surface area contributed by atoms with Crippen molar-refractivity contribution in [1.29, 1.82) is 0 Å². The van der Waals surface area contributed by atoms with Crippen molar-refractivity contribution in [2.45, 2.75) is 25.8 Å². The van der Waals surface area contributed by atoms with Crippen molar-refractivity contribution in [3.8, 4) is 5.75 Å². The number of amides is 1. The molecule has 2 aliphatic heterocycles. The molecule has 2 aromatic carbocycles. The summed E-state index contributed by atoms with van der Waals surface area (Å²) < 4.78 is 5.51. The molecule has 0 saturated carbocycles. The zero-order chi connectivity index (χ0) is 19.5. The number of rotatable bonds is 4. The van der Waals surface area contributed by atoms with E-state index < -0.39 is 0 Å². The second-order valence-electron chi connectivity index (χ2n) is 7.76. The number of para-hydroxylation sites is 3. The topological polar surface area (TPSA) is 37.2 Å². The van der Waals surface area contributed by atoms with Crippen LogP contribution in [0.2, 0.25) is 0 Å². The van der Waals surface area contributed by atoms with Gasteiger partial charge < -0.3 is 19.4 Å². The van der Waals surface area contributed by atoms with E-state index in [0.717, 1.165) is 62.7 Å². The standard InChI is InChI=1S/C23H29N3O2/c1-18(23(27)26-13-7-9-19-8-3-4-10-20(19)26)24-14-16-25(17-15-24)21-11-5-6-12-22(21)28-2/h3-6,8,10-12,18H,7,9,13-17H2,1-2H3/p+1/t18-/m1/s1. The molecule has 5 heteroatoms. The minimum Gasteiger partial charge on any atom is -0.495 e. The molecular weight excluding hydrogens is 350 g/mol. The maximum absolute atomic E-state index is 13.3. The summed E-state index contributed by atoms with van der Waals surface area (Å²) in [5, 5.41) is 0. The van der Waals surface area contributed by atoms with Crippen LogP contribution in [0.3, 0.4) is 0 Å². The molecule has 1 amide bonds. The number of benzene rings is 2. The van der Waals surface area contributed by atoms with Crippen LogP contribution in [0.1, 0.15) is 18.9 Å². The molecule has 1 N–H and O–H groups in total. The Bertz CT molecular complexity index is 830. The Labute approximate surface area is 167 Å². The summed E-state index contributed by atoms with van der Waals surface area (Å²) in [6, 6.07) is 16.5. The average Bonchev–Trinajstić information content (AvgIpc) is 2.77. The summed E-state index contributed by atoms with van der Waals surface area (Å²) in [6.07, 6.45) is 2.12. The zero-order valence-corrected chi connectivity index (χ0v) is 16.9. The summed E-state index contributed by atoms with van der Waals surface area (Å²) >= 11 is 0. The fourth-order valence-corrected chi connectivity index (χ4v) is 4.53. The quantitative estimate of drug-likeness (QED) is 0.878. The van der Waals surface area contributed by atoms with Gasteiger partial charge in [0.15, 0.2) is 6.04 Å². The number of carbonyl (C=O) groups is 1. The summed E-state index contributed by atoms with van der Waals surface area (Å²) in [4.78, 5) is 19.0. The maximum atomic E-state index is 13.3. The van der Waals surface area contributed by atoms with Crippen molar-refractivity contribution < 1.29 is 14.4 Å². The SMILES string of the molecule is COc1ccccc1N1CC[NH+]([C@H](C)C(=O)N2CCCc3ccccc32)CC1. The van der Waals surface area contributed by atoms with Crippen molar-refractivity contribution in [3.05, 3.63) is 54.1 Å². The van der Waals surface area contributed by atoms with Crippen LogP contribution in [0.25, 0.3) is 0 Å². The van der Waals surface area contributed by atoms with Crippen LogP contribution < -0.4 is 19.4 Å². The predicted molar refractivity (Wildman–Crippen MR) is 112 cm³/mol. The van der Waals surface area contributed by atoms with Gasteiger partial charge in [0.1, 0.15) is 5.75 Å². The van der Waals surface area contributed by atoms with Crippen LogP contribution in [0, 0.1) is 0 Å². The summed E-state index contributed by atoms with van der Waals surface area (Å²) in [6.45, 7) is 6.71. The highest BCUT2D eigenvalue weighted by Gasteiger charge is 2.34. The smallest absolute Gasteiger partial charge is 0.284 e. The van der Waals surface area contributed by atoms with E-state index >= 15 is 0 Å². The fourth-order valence-electron chi connectivity index (χ4n) is 4.53. The van der Waals surface area contributed by atoms with Gasteiger partial charge in [-0.25, -0.2) is 0 Å². The highest BCUT2D eigenvalue weighted by atomic mass is 16.5. The van der Waals surface area contributed by atoms with Gasteiger partial charge in [-0.1, -0.05) is 30.3 Å². The number of carbonyl (C=O) groups excluding carboxylic acids is 1. The summed E-state index contributed by atoms with van der Waals surface area (Å²) in [7, 11) is 1.72. The highest BCUT2D eigenvalue weighted by Crippen LogP contribution is 2.28. The third-order valence-electron chi connectivity index (χ3n) is 6.19. The molecule has 0 aromatic heterocycles. The molecule has 1 saturated heterocycles. The van der Waals surface area contributed by atoms with Crippen LogP contribution >= 0.6 is 0 Å². The number of piperazine rings is 1. The molecule has 28 heavy (non-hydrogen) atoms. The number of nitrogens with zero attached hydrogens (tertiary/aromatic N) is 2. The van der Waals surface area contributed by atoms with E-state index in [2.05, 4.69) is 42.2 Å². The Hall–Kier alpha value is -2.53. The van der Waals surface area contributed by atoms with E-state index in [4.69, 9.17) is 4.74 Å². The number of ether oxygens (including phenoxy) is 1. The average molecular weight is 381 g/mol. The van der Waals surface area contributed by atoms with Gasteiger partial charge in [-0.05, 0) is 43.5 Å². The molecule has 2 aliphatic rings. The lowest BCUT2D eigenvalue weighted by molar-refractivity contribution is -0.914. The monoisotopic (exact) mass is 380 g/mol. The van der Waals surface area contributed by atoms with Crippen LogP contribution in [0.5, 0.6) is 5.75 Å². The Balaban J connectivity index is 1.42. The van der Waals surface area contributed by atoms with Gasteiger partial charge in [0.25, 0.3) is 5.91 Å². The third-order valence-corrected chi connectivity index (χ3v) is 6.19. The van der Waals surface area contributed by atoms with E-state index in [9.17, 15) is 4.79 Å². The van der Waals surface area contributed by atoms with Crippen molar-refractivity contribution in [1.82, 2.24) is 0 Å². The molecule has 1 atom stereocenters. The lowest BCUT2D eigenvalue weighted by Crippen LogP contribution is -3.19. The number of anilines is 2. The van der Waals surface area contributed by atoms with Crippen molar-refractivity contribution in [3.63, 3.8) is 0 Å². The number of methoxy groups -OCH3 is 1. The number of quaternary nitrogens is 1. The van der Waals surface area contributed by atoms with E-state index in [1.807, 2.05) is 23.1 Å². The fraction of sp³-hybridized carbons (Fsp3) is 0.435. The van der Waals surface area contributed by atoms with Gasteiger partial charge >= 0.3 is 0 Å². The third kappa shape index (κ3) is 3.59. The largest absolute Gasteiger partial charge is 0.495 e. The Morgan fingerprint density at radius 3 is 2.43 bits per heavy atom. The second-order valence-corrected chi connectivity index (χ2v) is 7.76. The van der Waals surface area contributed by atoms with Crippen molar-refractivity contribution in [2.75, 3.05) is 49.6 Å². The molecule has 148 valence electrons. The minimum atomic E-state index is -0.0222. The van der Waals surface area contributed by atoms with E-state index in [-0.39, 0.29) is 11.9 Å². The summed E-state index contributed by atoms with van der Waals surface area (Å²) in [5.74, 6) is 1.17. The number of nitrogens with one attached hydrogen (secondary N) is 1. The first kappa shape index (κ1) is 18.8. The number of aryl methyl sites for hydroxylation is 1. The van der Waals surface area contributed by atoms with Gasteiger partial charge in [0, 0.05) is 12.2 Å². The molecule has 0 radical (unpaired) electrons. The lowest BCUT2D eigenvalue weighted by Gasteiger charge is -2.38. The van der Waals surface area contributed by atoms with Gasteiger partial charge in [-0.3, -0.25) is 4.79 Å². The molecule has 0 bridgehead atoms. The molecular formula is C23H30N3O2+. The van der Waals surface area contributed by atoms with Gasteiger partial charge in [-0.2, -0.15) is 0 Å². The second kappa shape index (κ2) is 8.23. The van der Waals surface area contributed by atoms with Crippen LogP contribution in [-0.4, -0.2) is 51.8 Å². The first-order valence-corrected chi connectivity index (χ1v) is 10.3. The maximum Gasteiger partial charge on any atom is 0.284 e. The first-order valence-electron chi connectivity index (χ1n) is 10.3. The molecule has 5 nitrogen and oxygen atoms in total. The van der Waals surface area contributed by atoms with Gasteiger partial charge in [-0.15, -0.1) is 0 Å². The van der Waals surface area contributed by atoms with E-state index in [1.165, 1.54) is 10.5 Å². The minimum absolute atomic E-state index is 0.0222. The first-order chi connectivity index (χ1) is 13.7. The Kier molecular flexibility index (Phi) is 5.53. The van der Waals surface area contributed by atoms with Gasteiger partial charge in [0.05, 0.1) is 39.0 Å². The number of hydrogen-bond acceptors (Lipinski definition) is 3. The van der Waals surface area contributed by atoms with Crippen LogP contribution in [0.15, 0.2) is 48.5 Å². The number of fused-ring (bicyclic) bond motifs is 1. The van der Waals surface area contributed by atoms with Crippen LogP contribution in [-0.2, 0) is 11.2 Å². The Morgan fingerprint density at radius 1 is 1.00 bits per heavy atom. The molecule has 2 heterocycles. The molecule has 0 unspecified atom stereocenters.